The molecule has 0 saturated heterocycles. The normalized spacial score (nSPS) is 11.1. The highest BCUT2D eigenvalue weighted by molar-refractivity contribution is 6.42. The number of anilines is 1. The lowest BCUT2D eigenvalue weighted by atomic mass is 10.2. The van der Waals surface area contributed by atoms with Gasteiger partial charge in [0, 0.05) is 12.4 Å². The average molecular weight is 317 g/mol. The Bertz CT molecular complexity index is 818. The number of benzene rings is 2. The van der Waals surface area contributed by atoms with Gasteiger partial charge in [0.25, 0.3) is 0 Å². The Hall–Kier alpha value is -2.17. The van der Waals surface area contributed by atoms with Crippen LogP contribution in [-0.2, 0) is 0 Å². The van der Waals surface area contributed by atoms with Gasteiger partial charge in [-0.15, -0.1) is 0 Å². The van der Waals surface area contributed by atoms with Crippen LogP contribution in [-0.4, -0.2) is 16.2 Å². The molecule has 0 amide bonds. The Morgan fingerprint density at radius 1 is 0.905 bits per heavy atom. The first kappa shape index (κ1) is 13.8. The molecule has 0 saturated carbocycles. The van der Waals surface area contributed by atoms with Crippen LogP contribution in [0, 0.1) is 0 Å². The summed E-state index contributed by atoms with van der Waals surface area (Å²) in [5, 5.41) is 5.16. The zero-order valence-electron chi connectivity index (χ0n) is 10.8. The van der Waals surface area contributed by atoms with Gasteiger partial charge in [-0.3, -0.25) is 15.4 Å². The van der Waals surface area contributed by atoms with Crippen molar-refractivity contribution in [2.45, 2.75) is 0 Å². The summed E-state index contributed by atoms with van der Waals surface area (Å²) < 4.78 is 0. The Labute approximate surface area is 131 Å². The molecule has 0 aliphatic carbocycles. The fourth-order valence-corrected chi connectivity index (χ4v) is 2.11. The fourth-order valence-electron chi connectivity index (χ4n) is 1.81. The Kier molecular flexibility index (Phi) is 3.99. The molecule has 21 heavy (non-hydrogen) atoms. The van der Waals surface area contributed by atoms with Crippen LogP contribution in [0.25, 0.3) is 11.0 Å². The number of rotatable bonds is 3. The minimum Gasteiger partial charge on any atom is -0.278 e. The van der Waals surface area contributed by atoms with Crippen molar-refractivity contribution in [2.75, 3.05) is 5.43 Å². The first-order valence-electron chi connectivity index (χ1n) is 6.17. The summed E-state index contributed by atoms with van der Waals surface area (Å²) in [4.78, 5) is 8.47. The molecule has 0 radical (unpaired) electrons. The van der Waals surface area contributed by atoms with Gasteiger partial charge in [-0.1, -0.05) is 29.3 Å². The monoisotopic (exact) mass is 316 g/mol. The summed E-state index contributed by atoms with van der Waals surface area (Å²) in [5.74, 6) is 0. The second-order valence-electron chi connectivity index (χ2n) is 4.30. The van der Waals surface area contributed by atoms with E-state index in [4.69, 9.17) is 23.2 Å². The van der Waals surface area contributed by atoms with Gasteiger partial charge in [0.05, 0.1) is 33.0 Å². The first-order valence-corrected chi connectivity index (χ1v) is 6.93. The number of halogens is 2. The van der Waals surface area contributed by atoms with Crippen molar-refractivity contribution in [3.63, 3.8) is 0 Å². The number of nitrogens with one attached hydrogen (secondary N) is 1. The minimum absolute atomic E-state index is 0.484. The predicted molar refractivity (Wildman–Crippen MR) is 87.2 cm³/mol. The highest BCUT2D eigenvalue weighted by atomic mass is 35.5. The van der Waals surface area contributed by atoms with Crippen molar-refractivity contribution in [2.24, 2.45) is 5.10 Å². The van der Waals surface area contributed by atoms with E-state index in [0.717, 1.165) is 22.3 Å². The van der Waals surface area contributed by atoms with Crippen LogP contribution in [0.2, 0.25) is 10.0 Å². The lowest BCUT2D eigenvalue weighted by molar-refractivity contribution is 1.29. The van der Waals surface area contributed by atoms with Crippen molar-refractivity contribution >= 4 is 46.1 Å². The van der Waals surface area contributed by atoms with Crippen molar-refractivity contribution in [3.05, 3.63) is 64.4 Å². The number of nitrogens with zero attached hydrogens (tertiary/aromatic N) is 3. The second kappa shape index (κ2) is 6.08. The standard InChI is InChI=1S/C15H10Cl2N4/c16-12-3-2-11(8-13(12)17)21-20-9-10-1-4-14-15(7-10)19-6-5-18-14/h1-9,21H/b20-9+. The molecular formula is C15H10Cl2N4. The smallest absolute Gasteiger partial charge is 0.0893 e. The molecule has 0 spiro atoms. The molecule has 0 aliphatic rings. The van der Waals surface area contributed by atoms with Gasteiger partial charge in [0.15, 0.2) is 0 Å². The van der Waals surface area contributed by atoms with E-state index in [1.54, 1.807) is 36.8 Å². The van der Waals surface area contributed by atoms with E-state index < -0.39 is 0 Å². The van der Waals surface area contributed by atoms with Crippen LogP contribution in [0.3, 0.4) is 0 Å². The number of hydrogen-bond donors (Lipinski definition) is 1. The Balaban J connectivity index is 1.76. The van der Waals surface area contributed by atoms with Crippen molar-refractivity contribution in [1.29, 1.82) is 0 Å². The highest BCUT2D eigenvalue weighted by Crippen LogP contribution is 2.24. The number of hydrazone groups is 1. The maximum atomic E-state index is 5.94. The molecule has 104 valence electrons. The zero-order valence-corrected chi connectivity index (χ0v) is 12.3. The fraction of sp³-hybridized carbons (Fsp3) is 0. The van der Waals surface area contributed by atoms with E-state index in [1.807, 2.05) is 18.2 Å². The van der Waals surface area contributed by atoms with Crippen LogP contribution in [0.4, 0.5) is 5.69 Å². The molecule has 0 aliphatic heterocycles. The summed E-state index contributed by atoms with van der Waals surface area (Å²) in [6.45, 7) is 0. The SMILES string of the molecule is Clc1ccc(N/N=C/c2ccc3nccnc3c2)cc1Cl. The van der Waals surface area contributed by atoms with E-state index in [2.05, 4.69) is 20.5 Å². The Morgan fingerprint density at radius 2 is 1.71 bits per heavy atom. The quantitative estimate of drug-likeness (QED) is 0.576. The van der Waals surface area contributed by atoms with Gasteiger partial charge in [-0.2, -0.15) is 5.10 Å². The van der Waals surface area contributed by atoms with Gasteiger partial charge < -0.3 is 0 Å². The van der Waals surface area contributed by atoms with Gasteiger partial charge in [0.1, 0.15) is 0 Å². The second-order valence-corrected chi connectivity index (χ2v) is 5.12. The van der Waals surface area contributed by atoms with E-state index >= 15 is 0 Å². The lowest BCUT2D eigenvalue weighted by Crippen LogP contribution is -1.91. The summed E-state index contributed by atoms with van der Waals surface area (Å²) >= 11 is 11.8. The molecule has 0 unspecified atom stereocenters. The number of fused-ring (bicyclic) bond motifs is 1. The summed E-state index contributed by atoms with van der Waals surface area (Å²) in [6.07, 6.45) is 5.04. The first-order chi connectivity index (χ1) is 10.2. The van der Waals surface area contributed by atoms with Crippen LogP contribution >= 0.6 is 23.2 Å². The molecule has 0 fully saturated rings. The molecule has 6 heteroatoms. The maximum absolute atomic E-state index is 5.94. The molecule has 2 aromatic carbocycles. The largest absolute Gasteiger partial charge is 0.278 e. The van der Waals surface area contributed by atoms with Crippen LogP contribution < -0.4 is 5.43 Å². The molecule has 1 aromatic heterocycles. The number of hydrogen-bond acceptors (Lipinski definition) is 4. The Morgan fingerprint density at radius 3 is 2.52 bits per heavy atom. The molecule has 0 bridgehead atoms. The van der Waals surface area contributed by atoms with Gasteiger partial charge >= 0.3 is 0 Å². The highest BCUT2D eigenvalue weighted by Gasteiger charge is 1.98. The predicted octanol–water partition coefficient (Wildman–Crippen LogP) is 4.38. The topological polar surface area (TPSA) is 50.2 Å². The van der Waals surface area contributed by atoms with Gasteiger partial charge in [-0.05, 0) is 35.9 Å². The average Bonchev–Trinajstić information content (AvgIpc) is 2.51. The van der Waals surface area contributed by atoms with Crippen molar-refractivity contribution < 1.29 is 0 Å². The summed E-state index contributed by atoms with van der Waals surface area (Å²) in [5.41, 5.74) is 6.27. The van der Waals surface area contributed by atoms with E-state index in [1.165, 1.54) is 0 Å². The summed E-state index contributed by atoms with van der Waals surface area (Å²) in [7, 11) is 0. The molecule has 3 aromatic rings. The molecule has 1 heterocycles. The zero-order chi connectivity index (χ0) is 14.7. The third kappa shape index (κ3) is 3.29. The molecule has 0 atom stereocenters. The van der Waals surface area contributed by atoms with E-state index in [-0.39, 0.29) is 0 Å². The summed E-state index contributed by atoms with van der Waals surface area (Å²) in [6, 6.07) is 11.0. The van der Waals surface area contributed by atoms with Gasteiger partial charge in [0.2, 0.25) is 0 Å². The third-order valence-electron chi connectivity index (χ3n) is 2.82. The lowest BCUT2D eigenvalue weighted by Gasteiger charge is -2.02. The van der Waals surface area contributed by atoms with E-state index in [0.29, 0.717) is 10.0 Å². The molecule has 1 N–H and O–H groups in total. The van der Waals surface area contributed by atoms with Crippen molar-refractivity contribution in [3.8, 4) is 0 Å². The molecule has 3 rings (SSSR count). The van der Waals surface area contributed by atoms with Crippen LogP contribution in [0.15, 0.2) is 53.9 Å². The molecular weight excluding hydrogens is 307 g/mol. The third-order valence-corrected chi connectivity index (χ3v) is 3.56. The molecule has 4 nitrogen and oxygen atoms in total. The van der Waals surface area contributed by atoms with Gasteiger partial charge in [-0.25, -0.2) is 0 Å². The van der Waals surface area contributed by atoms with Crippen LogP contribution in [0.1, 0.15) is 5.56 Å². The maximum Gasteiger partial charge on any atom is 0.0893 e. The minimum atomic E-state index is 0.484. The van der Waals surface area contributed by atoms with E-state index in [9.17, 15) is 0 Å². The van der Waals surface area contributed by atoms with Crippen molar-refractivity contribution in [1.82, 2.24) is 9.97 Å². The number of aromatic nitrogens is 2. The van der Waals surface area contributed by atoms with Crippen LogP contribution in [0.5, 0.6) is 0 Å².